The van der Waals surface area contributed by atoms with Crippen LogP contribution in [0.2, 0.25) is 0 Å². The normalized spacial score (nSPS) is 12.2. The number of unbranched alkanes of at least 4 members (excludes halogenated alkanes) is 14. The molecular formula is C31H54O10. The summed E-state index contributed by atoms with van der Waals surface area (Å²) >= 11 is 0. The van der Waals surface area contributed by atoms with Crippen LogP contribution < -0.4 is 0 Å². The molecule has 238 valence electrons. The highest BCUT2D eigenvalue weighted by atomic mass is 16.6. The lowest BCUT2D eigenvalue weighted by Crippen LogP contribution is -2.32. The zero-order chi connectivity index (χ0) is 30.7. The fourth-order valence-electron chi connectivity index (χ4n) is 4.35. The summed E-state index contributed by atoms with van der Waals surface area (Å²) in [5.74, 6) is -3.41. The van der Waals surface area contributed by atoms with E-state index in [9.17, 15) is 24.0 Å². The van der Waals surface area contributed by atoms with Crippen LogP contribution in [-0.4, -0.2) is 62.4 Å². The van der Waals surface area contributed by atoms with Gasteiger partial charge in [-0.2, -0.15) is 0 Å². The maximum Gasteiger partial charge on any atom is 0.317 e. The SMILES string of the molecule is CCCCCCCCCCCCCCCCC[C@H](CC(=O)O[C@H](COC(C)=O)COC(=O)CC(=O)OC)OC(C)=O. The molecule has 0 saturated carbocycles. The number of hydrogen-bond donors (Lipinski definition) is 0. The van der Waals surface area contributed by atoms with Crippen molar-refractivity contribution >= 4 is 29.8 Å². The summed E-state index contributed by atoms with van der Waals surface area (Å²) in [5, 5.41) is 0. The Labute approximate surface area is 246 Å². The van der Waals surface area contributed by atoms with Crippen LogP contribution in [0.15, 0.2) is 0 Å². The summed E-state index contributed by atoms with van der Waals surface area (Å²) < 4.78 is 24.9. The van der Waals surface area contributed by atoms with Gasteiger partial charge in [-0.25, -0.2) is 0 Å². The molecule has 0 bridgehead atoms. The zero-order valence-corrected chi connectivity index (χ0v) is 25.9. The molecule has 0 aliphatic heterocycles. The summed E-state index contributed by atoms with van der Waals surface area (Å²) in [4.78, 5) is 58.2. The standard InChI is InChI=1S/C31H54O10/c1-5-6-7-8-9-10-11-12-13-14-15-16-17-18-19-20-27(40-26(3)33)21-31(36)41-28(23-38-25(2)32)24-39-30(35)22-29(34)37-4/h27-28H,5-24H2,1-4H3/t27-,28-/m1/s1. The molecular weight excluding hydrogens is 532 g/mol. The van der Waals surface area contributed by atoms with Gasteiger partial charge in [0.25, 0.3) is 0 Å². The average molecular weight is 587 g/mol. The monoisotopic (exact) mass is 586 g/mol. The maximum atomic E-state index is 12.6. The molecule has 0 aromatic rings. The maximum absolute atomic E-state index is 12.6. The van der Waals surface area contributed by atoms with Gasteiger partial charge in [-0.05, 0) is 12.8 Å². The number of carbonyl (C=O) groups is 5. The first-order valence-electron chi connectivity index (χ1n) is 15.4. The van der Waals surface area contributed by atoms with Crippen LogP contribution in [0, 0.1) is 0 Å². The molecule has 0 fully saturated rings. The molecule has 41 heavy (non-hydrogen) atoms. The molecule has 10 heteroatoms. The lowest BCUT2D eigenvalue weighted by atomic mass is 10.0. The minimum absolute atomic E-state index is 0.176. The molecule has 0 radical (unpaired) electrons. The lowest BCUT2D eigenvalue weighted by Gasteiger charge is -2.20. The number of ether oxygens (including phenoxy) is 5. The number of hydrogen-bond acceptors (Lipinski definition) is 10. The molecule has 0 saturated heterocycles. The van der Waals surface area contributed by atoms with E-state index in [2.05, 4.69) is 11.7 Å². The largest absolute Gasteiger partial charge is 0.469 e. The molecule has 2 atom stereocenters. The molecule has 10 nitrogen and oxygen atoms in total. The molecule has 0 N–H and O–H groups in total. The van der Waals surface area contributed by atoms with E-state index in [-0.39, 0.29) is 13.0 Å². The van der Waals surface area contributed by atoms with Crippen molar-refractivity contribution in [2.75, 3.05) is 20.3 Å². The summed E-state index contributed by atoms with van der Waals surface area (Å²) in [5.41, 5.74) is 0. The van der Waals surface area contributed by atoms with E-state index >= 15 is 0 Å². The molecule has 0 spiro atoms. The Hall–Kier alpha value is -2.65. The molecule has 0 aromatic carbocycles. The molecule has 0 heterocycles. The average Bonchev–Trinajstić information content (AvgIpc) is 2.91. The first-order chi connectivity index (χ1) is 19.7. The Balaban J connectivity index is 4.29. The van der Waals surface area contributed by atoms with Crippen molar-refractivity contribution in [3.8, 4) is 0 Å². The highest BCUT2D eigenvalue weighted by molar-refractivity contribution is 5.91. The van der Waals surface area contributed by atoms with Gasteiger partial charge in [-0.1, -0.05) is 96.8 Å². The first kappa shape index (κ1) is 38.4. The van der Waals surface area contributed by atoms with Crippen molar-refractivity contribution in [3.63, 3.8) is 0 Å². The van der Waals surface area contributed by atoms with Gasteiger partial charge in [-0.3, -0.25) is 24.0 Å². The van der Waals surface area contributed by atoms with E-state index in [0.29, 0.717) is 6.42 Å². The molecule has 0 amide bonds. The van der Waals surface area contributed by atoms with Crippen LogP contribution in [0.25, 0.3) is 0 Å². The number of esters is 5. The minimum atomic E-state index is -1.07. The number of rotatable bonds is 26. The Morgan fingerprint density at radius 2 is 1.02 bits per heavy atom. The fourth-order valence-corrected chi connectivity index (χ4v) is 4.35. The van der Waals surface area contributed by atoms with Crippen LogP contribution in [0.1, 0.15) is 136 Å². The number of carbonyl (C=O) groups excluding carboxylic acids is 5. The van der Waals surface area contributed by atoms with Crippen LogP contribution in [-0.2, 0) is 47.7 Å². The van der Waals surface area contributed by atoms with Crippen LogP contribution in [0.5, 0.6) is 0 Å². The molecule has 0 aromatic heterocycles. The highest BCUT2D eigenvalue weighted by Gasteiger charge is 2.23. The van der Waals surface area contributed by atoms with Gasteiger partial charge in [0, 0.05) is 13.8 Å². The van der Waals surface area contributed by atoms with E-state index in [1.54, 1.807) is 0 Å². The van der Waals surface area contributed by atoms with Gasteiger partial charge < -0.3 is 23.7 Å². The Morgan fingerprint density at radius 3 is 1.49 bits per heavy atom. The summed E-state index contributed by atoms with van der Waals surface area (Å²) in [6.07, 6.45) is 16.7. The predicted octanol–water partition coefficient (Wildman–Crippen LogP) is 6.15. The van der Waals surface area contributed by atoms with Crippen LogP contribution in [0.4, 0.5) is 0 Å². The van der Waals surface area contributed by atoms with Gasteiger partial charge in [-0.15, -0.1) is 0 Å². The third kappa shape index (κ3) is 26.0. The molecule has 0 rings (SSSR count). The van der Waals surface area contributed by atoms with Crippen LogP contribution >= 0.6 is 0 Å². The van der Waals surface area contributed by atoms with Crippen molar-refractivity contribution in [2.45, 2.75) is 149 Å². The Bertz CT molecular complexity index is 736. The molecule has 0 unspecified atom stereocenters. The minimum Gasteiger partial charge on any atom is -0.469 e. The van der Waals surface area contributed by atoms with Gasteiger partial charge >= 0.3 is 29.8 Å². The van der Waals surface area contributed by atoms with Crippen molar-refractivity contribution < 1.29 is 47.7 Å². The fraction of sp³-hybridized carbons (Fsp3) is 0.839. The van der Waals surface area contributed by atoms with Crippen molar-refractivity contribution in [1.29, 1.82) is 0 Å². The second kappa shape index (κ2) is 26.3. The second-order valence-electron chi connectivity index (χ2n) is 10.5. The quantitative estimate of drug-likeness (QED) is 0.0503. The van der Waals surface area contributed by atoms with E-state index in [1.165, 1.54) is 90.9 Å². The van der Waals surface area contributed by atoms with E-state index in [0.717, 1.165) is 26.4 Å². The number of methoxy groups -OCH3 is 1. The summed E-state index contributed by atoms with van der Waals surface area (Å²) in [7, 11) is 1.14. The Kier molecular flexibility index (Phi) is 24.6. The predicted molar refractivity (Wildman–Crippen MR) is 154 cm³/mol. The van der Waals surface area contributed by atoms with Gasteiger partial charge in [0.05, 0.1) is 13.5 Å². The first-order valence-corrected chi connectivity index (χ1v) is 15.4. The third-order valence-corrected chi connectivity index (χ3v) is 6.57. The van der Waals surface area contributed by atoms with E-state index in [4.69, 9.17) is 18.9 Å². The van der Waals surface area contributed by atoms with E-state index in [1.807, 2.05) is 0 Å². The van der Waals surface area contributed by atoms with Gasteiger partial charge in [0.15, 0.2) is 6.10 Å². The van der Waals surface area contributed by atoms with Crippen molar-refractivity contribution in [3.05, 3.63) is 0 Å². The summed E-state index contributed by atoms with van der Waals surface area (Å²) in [6.45, 7) is 3.98. The molecule has 0 aliphatic carbocycles. The summed E-state index contributed by atoms with van der Waals surface area (Å²) in [6, 6.07) is 0. The van der Waals surface area contributed by atoms with Gasteiger partial charge in [0.1, 0.15) is 25.7 Å². The molecule has 0 aliphatic rings. The van der Waals surface area contributed by atoms with Crippen LogP contribution in [0.3, 0.4) is 0 Å². The second-order valence-corrected chi connectivity index (χ2v) is 10.5. The van der Waals surface area contributed by atoms with Crippen molar-refractivity contribution in [1.82, 2.24) is 0 Å². The highest BCUT2D eigenvalue weighted by Crippen LogP contribution is 2.16. The third-order valence-electron chi connectivity index (χ3n) is 6.57. The topological polar surface area (TPSA) is 132 Å². The van der Waals surface area contributed by atoms with E-state index < -0.39 is 55.1 Å². The Morgan fingerprint density at radius 1 is 0.537 bits per heavy atom. The smallest absolute Gasteiger partial charge is 0.317 e. The lowest BCUT2D eigenvalue weighted by molar-refractivity contribution is -0.170. The van der Waals surface area contributed by atoms with Gasteiger partial charge in [0.2, 0.25) is 0 Å². The van der Waals surface area contributed by atoms with Crippen molar-refractivity contribution in [2.24, 2.45) is 0 Å². The zero-order valence-electron chi connectivity index (χ0n) is 25.9.